The Morgan fingerprint density at radius 1 is 1.31 bits per heavy atom. The van der Waals surface area contributed by atoms with Gasteiger partial charge in [-0.3, -0.25) is 9.78 Å². The SMILES string of the molecule is Nn1cc(-c2cccc(S)c2)c(=O)[nH]c1=O. The number of benzene rings is 1. The summed E-state index contributed by atoms with van der Waals surface area (Å²) in [5, 5.41) is 0. The molecule has 0 aliphatic rings. The number of thiol groups is 1. The molecule has 1 heterocycles. The molecular formula is C10H9N3O2S. The monoisotopic (exact) mass is 235 g/mol. The smallest absolute Gasteiger partial charge is 0.335 e. The summed E-state index contributed by atoms with van der Waals surface area (Å²) < 4.78 is 0.835. The number of aromatic nitrogens is 2. The fourth-order valence-electron chi connectivity index (χ4n) is 1.36. The van der Waals surface area contributed by atoms with Gasteiger partial charge in [-0.05, 0) is 17.7 Å². The first kappa shape index (κ1) is 10.6. The van der Waals surface area contributed by atoms with Crippen LogP contribution < -0.4 is 17.1 Å². The predicted octanol–water partition coefficient (Wildman–Crippen LogP) is 0.206. The van der Waals surface area contributed by atoms with Gasteiger partial charge in [0.15, 0.2) is 0 Å². The van der Waals surface area contributed by atoms with Crippen molar-refractivity contribution in [1.29, 1.82) is 0 Å². The van der Waals surface area contributed by atoms with E-state index in [1.54, 1.807) is 24.3 Å². The molecule has 5 nitrogen and oxygen atoms in total. The molecule has 0 atom stereocenters. The van der Waals surface area contributed by atoms with E-state index in [1.807, 2.05) is 0 Å². The number of nitrogen functional groups attached to an aromatic ring is 1. The highest BCUT2D eigenvalue weighted by atomic mass is 32.1. The van der Waals surface area contributed by atoms with Gasteiger partial charge in [-0.2, -0.15) is 0 Å². The minimum atomic E-state index is -0.643. The Kier molecular flexibility index (Phi) is 2.57. The molecule has 16 heavy (non-hydrogen) atoms. The van der Waals surface area contributed by atoms with Gasteiger partial charge >= 0.3 is 5.69 Å². The lowest BCUT2D eigenvalue weighted by molar-refractivity contribution is 0.859. The van der Waals surface area contributed by atoms with Gasteiger partial charge in [-0.1, -0.05) is 12.1 Å². The normalized spacial score (nSPS) is 10.3. The molecule has 0 fully saturated rings. The fraction of sp³-hybridized carbons (Fsp3) is 0. The van der Waals surface area contributed by atoms with Crippen LogP contribution in [-0.4, -0.2) is 9.66 Å². The highest BCUT2D eigenvalue weighted by Gasteiger charge is 2.05. The molecule has 2 rings (SSSR count). The van der Waals surface area contributed by atoms with Crippen molar-refractivity contribution in [2.45, 2.75) is 4.90 Å². The third kappa shape index (κ3) is 1.87. The largest absolute Gasteiger partial charge is 0.346 e. The number of nitrogens with zero attached hydrogens (tertiary/aromatic N) is 1. The summed E-state index contributed by atoms with van der Waals surface area (Å²) in [6.07, 6.45) is 1.30. The third-order valence-corrected chi connectivity index (χ3v) is 2.40. The van der Waals surface area contributed by atoms with Crippen LogP contribution in [0.15, 0.2) is 44.9 Å². The quantitative estimate of drug-likeness (QED) is 0.488. The molecule has 0 amide bonds. The van der Waals surface area contributed by atoms with Crippen molar-refractivity contribution in [3.05, 3.63) is 51.3 Å². The number of rotatable bonds is 1. The predicted molar refractivity (Wildman–Crippen MR) is 64.2 cm³/mol. The summed E-state index contributed by atoms with van der Waals surface area (Å²) in [6.45, 7) is 0. The number of hydrogen-bond donors (Lipinski definition) is 3. The summed E-state index contributed by atoms with van der Waals surface area (Å²) >= 11 is 4.17. The van der Waals surface area contributed by atoms with E-state index >= 15 is 0 Å². The number of nitrogens with two attached hydrogens (primary N) is 1. The van der Waals surface area contributed by atoms with E-state index in [9.17, 15) is 9.59 Å². The molecule has 0 unspecified atom stereocenters. The third-order valence-electron chi connectivity index (χ3n) is 2.12. The lowest BCUT2D eigenvalue weighted by Gasteiger charge is -2.03. The van der Waals surface area contributed by atoms with Crippen molar-refractivity contribution in [2.24, 2.45) is 0 Å². The van der Waals surface area contributed by atoms with E-state index in [2.05, 4.69) is 17.6 Å². The lowest BCUT2D eigenvalue weighted by Crippen LogP contribution is -2.34. The van der Waals surface area contributed by atoms with Crippen LogP contribution >= 0.6 is 12.6 Å². The molecule has 3 N–H and O–H groups in total. The second-order valence-electron chi connectivity index (χ2n) is 3.26. The first-order valence-electron chi connectivity index (χ1n) is 4.48. The average molecular weight is 235 g/mol. The summed E-state index contributed by atoms with van der Waals surface area (Å²) in [5.74, 6) is 5.38. The standard InChI is InChI=1S/C10H9N3O2S/c11-13-5-8(9(14)12-10(13)15)6-2-1-3-7(16)4-6/h1-5,16H,11H2,(H,12,14,15). The maximum absolute atomic E-state index is 11.6. The van der Waals surface area contributed by atoms with Crippen LogP contribution in [0.5, 0.6) is 0 Å². The van der Waals surface area contributed by atoms with Gasteiger partial charge in [0, 0.05) is 11.1 Å². The van der Waals surface area contributed by atoms with E-state index in [4.69, 9.17) is 5.84 Å². The van der Waals surface area contributed by atoms with Gasteiger partial charge in [-0.25, -0.2) is 9.47 Å². The highest BCUT2D eigenvalue weighted by molar-refractivity contribution is 7.80. The number of aromatic amines is 1. The Hall–Kier alpha value is -1.95. The van der Waals surface area contributed by atoms with Crippen LogP contribution in [0.25, 0.3) is 11.1 Å². The van der Waals surface area contributed by atoms with Crippen LogP contribution in [0, 0.1) is 0 Å². The number of hydrogen-bond acceptors (Lipinski definition) is 4. The molecule has 6 heteroatoms. The van der Waals surface area contributed by atoms with E-state index < -0.39 is 11.2 Å². The van der Waals surface area contributed by atoms with Crippen molar-refractivity contribution in [3.63, 3.8) is 0 Å². The van der Waals surface area contributed by atoms with E-state index in [0.717, 1.165) is 9.57 Å². The van der Waals surface area contributed by atoms with Crippen LogP contribution in [0.2, 0.25) is 0 Å². The van der Waals surface area contributed by atoms with Crippen molar-refractivity contribution in [2.75, 3.05) is 5.84 Å². The maximum atomic E-state index is 11.6. The van der Waals surface area contributed by atoms with Gasteiger partial charge in [0.25, 0.3) is 5.56 Å². The fourth-order valence-corrected chi connectivity index (χ4v) is 1.59. The molecule has 0 radical (unpaired) electrons. The first-order chi connectivity index (χ1) is 7.58. The Morgan fingerprint density at radius 3 is 2.75 bits per heavy atom. The molecular weight excluding hydrogens is 226 g/mol. The van der Waals surface area contributed by atoms with E-state index in [-0.39, 0.29) is 0 Å². The van der Waals surface area contributed by atoms with Crippen molar-refractivity contribution >= 4 is 12.6 Å². The van der Waals surface area contributed by atoms with Gasteiger partial charge < -0.3 is 5.84 Å². The van der Waals surface area contributed by atoms with E-state index in [0.29, 0.717) is 11.1 Å². The van der Waals surface area contributed by atoms with Crippen molar-refractivity contribution < 1.29 is 0 Å². The maximum Gasteiger partial charge on any atom is 0.346 e. The van der Waals surface area contributed by atoms with Gasteiger partial charge in [-0.15, -0.1) is 12.6 Å². The van der Waals surface area contributed by atoms with E-state index in [1.165, 1.54) is 6.20 Å². The molecule has 0 bridgehead atoms. The molecule has 0 saturated carbocycles. The summed E-state index contributed by atoms with van der Waals surface area (Å²) in [4.78, 5) is 25.5. The van der Waals surface area contributed by atoms with Crippen molar-refractivity contribution in [3.8, 4) is 11.1 Å². The van der Waals surface area contributed by atoms with Crippen LogP contribution in [0.1, 0.15) is 0 Å². The Bertz CT molecular complexity index is 645. The summed E-state index contributed by atoms with van der Waals surface area (Å²) in [6, 6.07) is 7.02. The average Bonchev–Trinajstić information content (AvgIpc) is 2.23. The zero-order chi connectivity index (χ0) is 11.7. The molecule has 0 aliphatic heterocycles. The summed E-state index contributed by atoms with van der Waals surface area (Å²) in [5.41, 5.74) is -0.118. The molecule has 0 aliphatic carbocycles. The second-order valence-corrected chi connectivity index (χ2v) is 3.78. The number of H-pyrrole nitrogens is 1. The zero-order valence-corrected chi connectivity index (χ0v) is 9.07. The van der Waals surface area contributed by atoms with Gasteiger partial charge in [0.2, 0.25) is 0 Å². The first-order valence-corrected chi connectivity index (χ1v) is 4.93. The molecule has 0 spiro atoms. The summed E-state index contributed by atoms with van der Waals surface area (Å²) in [7, 11) is 0. The Labute approximate surface area is 95.9 Å². The Balaban J connectivity index is 2.70. The number of nitrogens with one attached hydrogen (secondary N) is 1. The molecule has 2 aromatic rings. The second kappa shape index (κ2) is 3.90. The molecule has 1 aromatic carbocycles. The van der Waals surface area contributed by atoms with Gasteiger partial charge in [0.05, 0.1) is 5.56 Å². The zero-order valence-electron chi connectivity index (χ0n) is 8.18. The highest BCUT2D eigenvalue weighted by Crippen LogP contribution is 2.17. The van der Waals surface area contributed by atoms with Crippen LogP contribution in [0.4, 0.5) is 0 Å². The van der Waals surface area contributed by atoms with Crippen molar-refractivity contribution in [1.82, 2.24) is 9.66 Å². The lowest BCUT2D eigenvalue weighted by atomic mass is 10.1. The van der Waals surface area contributed by atoms with Crippen LogP contribution in [-0.2, 0) is 0 Å². The Morgan fingerprint density at radius 2 is 2.06 bits per heavy atom. The molecule has 82 valence electrons. The minimum Gasteiger partial charge on any atom is -0.335 e. The topological polar surface area (TPSA) is 80.9 Å². The van der Waals surface area contributed by atoms with Gasteiger partial charge in [0.1, 0.15) is 0 Å². The van der Waals surface area contributed by atoms with Crippen LogP contribution in [0.3, 0.4) is 0 Å². The molecule has 1 aromatic heterocycles. The minimum absolute atomic E-state index is 0.331. The molecule has 0 saturated heterocycles.